The number of amides is 2. The molecule has 0 aromatic carbocycles. The third-order valence-electron chi connectivity index (χ3n) is 4.22. The Morgan fingerprint density at radius 1 is 1.52 bits per heavy atom. The van der Waals surface area contributed by atoms with Gasteiger partial charge in [-0.2, -0.15) is 0 Å². The first kappa shape index (κ1) is 18.2. The quantitative estimate of drug-likeness (QED) is 0.798. The lowest BCUT2D eigenvalue weighted by Crippen LogP contribution is -2.44. The summed E-state index contributed by atoms with van der Waals surface area (Å²) in [6.45, 7) is 7.70. The zero-order chi connectivity index (χ0) is 16.7. The number of urea groups is 1. The molecule has 1 aromatic rings. The molecule has 0 saturated carbocycles. The highest BCUT2D eigenvalue weighted by atomic mass is 32.1. The Hall–Kier alpha value is -1.18. The first-order chi connectivity index (χ1) is 11.1. The zero-order valence-electron chi connectivity index (χ0n) is 14.3. The topological polar surface area (TPSA) is 66.5 Å². The molecule has 2 heterocycles. The Kier molecular flexibility index (Phi) is 7.26. The number of carbonyl (C=O) groups excluding carboxylic acids is 1. The maximum atomic E-state index is 12.0. The SMILES string of the molecule is CCc1cnc([C@@H](C)NC(=O)NCCN2CCC(OC)CC2)s1. The van der Waals surface area contributed by atoms with E-state index in [9.17, 15) is 4.79 Å². The van der Waals surface area contributed by atoms with Crippen molar-refractivity contribution in [3.05, 3.63) is 16.1 Å². The molecular formula is C16H28N4O2S. The first-order valence-corrected chi connectivity index (χ1v) is 9.18. The van der Waals surface area contributed by atoms with Gasteiger partial charge in [-0.3, -0.25) is 0 Å². The van der Waals surface area contributed by atoms with E-state index in [4.69, 9.17) is 4.74 Å². The standard InChI is InChI=1S/C16H28N4O2S/c1-4-14-11-18-15(23-14)12(2)19-16(21)17-7-10-20-8-5-13(22-3)6-9-20/h11-13H,4-10H2,1-3H3,(H2,17,19,21)/t12-/m1/s1. The summed E-state index contributed by atoms with van der Waals surface area (Å²) in [5.41, 5.74) is 0. The molecule has 130 valence electrons. The Balaban J connectivity index is 1.63. The van der Waals surface area contributed by atoms with Crippen LogP contribution in [0.1, 0.15) is 42.6 Å². The van der Waals surface area contributed by atoms with Gasteiger partial charge in [-0.1, -0.05) is 6.92 Å². The second-order valence-corrected chi connectivity index (χ2v) is 7.06. The molecule has 7 heteroatoms. The Morgan fingerprint density at radius 3 is 2.87 bits per heavy atom. The fraction of sp³-hybridized carbons (Fsp3) is 0.750. The fourth-order valence-electron chi connectivity index (χ4n) is 2.69. The third kappa shape index (κ3) is 5.75. The molecule has 0 bridgehead atoms. The molecule has 2 amide bonds. The van der Waals surface area contributed by atoms with Gasteiger partial charge in [0.05, 0.1) is 12.1 Å². The Labute approximate surface area is 142 Å². The van der Waals surface area contributed by atoms with Crippen molar-refractivity contribution in [1.82, 2.24) is 20.5 Å². The molecule has 23 heavy (non-hydrogen) atoms. The highest BCUT2D eigenvalue weighted by molar-refractivity contribution is 7.11. The van der Waals surface area contributed by atoms with E-state index in [1.807, 2.05) is 13.1 Å². The van der Waals surface area contributed by atoms with Gasteiger partial charge < -0.3 is 20.3 Å². The number of hydrogen-bond donors (Lipinski definition) is 2. The van der Waals surface area contributed by atoms with Crippen molar-refractivity contribution in [2.75, 3.05) is 33.3 Å². The number of aromatic nitrogens is 1. The van der Waals surface area contributed by atoms with E-state index < -0.39 is 0 Å². The van der Waals surface area contributed by atoms with Gasteiger partial charge in [-0.25, -0.2) is 9.78 Å². The van der Waals surface area contributed by atoms with Crippen molar-refractivity contribution in [3.63, 3.8) is 0 Å². The highest BCUT2D eigenvalue weighted by Crippen LogP contribution is 2.20. The zero-order valence-corrected chi connectivity index (χ0v) is 15.1. The molecule has 0 unspecified atom stereocenters. The summed E-state index contributed by atoms with van der Waals surface area (Å²) < 4.78 is 5.37. The molecule has 0 aliphatic carbocycles. The number of carbonyl (C=O) groups is 1. The van der Waals surface area contributed by atoms with E-state index in [2.05, 4.69) is 27.4 Å². The minimum Gasteiger partial charge on any atom is -0.381 e. The van der Waals surface area contributed by atoms with Crippen LogP contribution in [0.5, 0.6) is 0 Å². The van der Waals surface area contributed by atoms with E-state index in [0.717, 1.165) is 43.9 Å². The van der Waals surface area contributed by atoms with Crippen LogP contribution in [-0.4, -0.2) is 55.3 Å². The predicted octanol–water partition coefficient (Wildman–Crippen LogP) is 2.18. The number of aryl methyl sites for hydroxylation is 1. The van der Waals surface area contributed by atoms with Gasteiger partial charge >= 0.3 is 6.03 Å². The summed E-state index contributed by atoms with van der Waals surface area (Å²) in [5, 5.41) is 6.83. The average Bonchev–Trinajstić information content (AvgIpc) is 3.04. The van der Waals surface area contributed by atoms with Crippen molar-refractivity contribution in [1.29, 1.82) is 0 Å². The number of rotatable bonds is 7. The van der Waals surface area contributed by atoms with E-state index in [1.54, 1.807) is 18.4 Å². The van der Waals surface area contributed by atoms with E-state index in [1.165, 1.54) is 4.88 Å². The Morgan fingerprint density at radius 2 is 2.26 bits per heavy atom. The van der Waals surface area contributed by atoms with E-state index >= 15 is 0 Å². The van der Waals surface area contributed by atoms with Crippen molar-refractivity contribution < 1.29 is 9.53 Å². The molecule has 2 N–H and O–H groups in total. The molecule has 1 fully saturated rings. The van der Waals surface area contributed by atoms with Crippen LogP contribution in [0.2, 0.25) is 0 Å². The number of nitrogens with one attached hydrogen (secondary N) is 2. The van der Waals surface area contributed by atoms with Crippen molar-refractivity contribution in [2.24, 2.45) is 0 Å². The molecular weight excluding hydrogens is 312 g/mol. The maximum Gasteiger partial charge on any atom is 0.315 e. The summed E-state index contributed by atoms with van der Waals surface area (Å²) in [4.78, 5) is 19.9. The van der Waals surface area contributed by atoms with Crippen molar-refractivity contribution in [2.45, 2.75) is 45.3 Å². The molecule has 6 nitrogen and oxygen atoms in total. The normalized spacial score (nSPS) is 17.9. The lowest BCUT2D eigenvalue weighted by atomic mass is 10.1. The van der Waals surface area contributed by atoms with E-state index in [0.29, 0.717) is 12.6 Å². The number of nitrogens with zero attached hydrogens (tertiary/aromatic N) is 2. The second kappa shape index (κ2) is 9.20. The van der Waals surface area contributed by atoms with Crippen LogP contribution in [0.15, 0.2) is 6.20 Å². The predicted molar refractivity (Wildman–Crippen MR) is 92.9 cm³/mol. The number of piperidine rings is 1. The molecule has 0 spiro atoms. The molecule has 1 aromatic heterocycles. The van der Waals surface area contributed by atoms with Crippen LogP contribution in [0.4, 0.5) is 4.79 Å². The molecule has 1 aliphatic rings. The molecule has 1 aliphatic heterocycles. The molecule has 0 radical (unpaired) electrons. The van der Waals surface area contributed by atoms with Gasteiger partial charge in [0.1, 0.15) is 5.01 Å². The summed E-state index contributed by atoms with van der Waals surface area (Å²) in [6, 6.07) is -0.185. The molecule has 1 saturated heterocycles. The van der Waals surface area contributed by atoms with Gasteiger partial charge in [0.2, 0.25) is 0 Å². The highest BCUT2D eigenvalue weighted by Gasteiger charge is 2.18. The summed E-state index contributed by atoms with van der Waals surface area (Å²) in [6.07, 6.45) is 5.41. The van der Waals surface area contributed by atoms with Crippen LogP contribution < -0.4 is 10.6 Å². The first-order valence-electron chi connectivity index (χ1n) is 8.36. The fourth-order valence-corrected chi connectivity index (χ4v) is 3.55. The largest absolute Gasteiger partial charge is 0.381 e. The summed E-state index contributed by atoms with van der Waals surface area (Å²) >= 11 is 1.66. The molecule has 1 atom stereocenters. The minimum absolute atomic E-state index is 0.0576. The number of ether oxygens (including phenoxy) is 1. The van der Waals surface area contributed by atoms with Gasteiger partial charge in [-0.05, 0) is 26.2 Å². The van der Waals surface area contributed by atoms with Gasteiger partial charge in [0.25, 0.3) is 0 Å². The van der Waals surface area contributed by atoms with Crippen LogP contribution in [0.3, 0.4) is 0 Å². The number of likely N-dealkylation sites (tertiary alicyclic amines) is 1. The van der Waals surface area contributed by atoms with Crippen LogP contribution >= 0.6 is 11.3 Å². The number of thiazole rings is 1. The van der Waals surface area contributed by atoms with Gasteiger partial charge in [0, 0.05) is 44.4 Å². The smallest absolute Gasteiger partial charge is 0.315 e. The van der Waals surface area contributed by atoms with Gasteiger partial charge in [0.15, 0.2) is 0 Å². The summed E-state index contributed by atoms with van der Waals surface area (Å²) in [5.74, 6) is 0. The monoisotopic (exact) mass is 340 g/mol. The summed E-state index contributed by atoms with van der Waals surface area (Å²) in [7, 11) is 1.78. The average molecular weight is 340 g/mol. The minimum atomic E-state index is -0.127. The number of methoxy groups -OCH3 is 1. The lowest BCUT2D eigenvalue weighted by Gasteiger charge is -2.31. The van der Waals surface area contributed by atoms with Crippen LogP contribution in [-0.2, 0) is 11.2 Å². The Bertz CT molecular complexity index is 486. The number of hydrogen-bond acceptors (Lipinski definition) is 5. The van der Waals surface area contributed by atoms with Crippen molar-refractivity contribution in [3.8, 4) is 0 Å². The molecule has 2 rings (SSSR count). The lowest BCUT2D eigenvalue weighted by molar-refractivity contribution is 0.0416. The second-order valence-electron chi connectivity index (χ2n) is 5.92. The maximum absolute atomic E-state index is 12.0. The van der Waals surface area contributed by atoms with Crippen LogP contribution in [0, 0.1) is 0 Å². The van der Waals surface area contributed by atoms with Gasteiger partial charge in [-0.15, -0.1) is 11.3 Å². The van der Waals surface area contributed by atoms with Crippen LogP contribution in [0.25, 0.3) is 0 Å². The van der Waals surface area contributed by atoms with E-state index in [-0.39, 0.29) is 12.1 Å². The van der Waals surface area contributed by atoms with Crippen molar-refractivity contribution >= 4 is 17.4 Å². The third-order valence-corrected chi connectivity index (χ3v) is 5.54.